The van der Waals surface area contributed by atoms with Crippen LogP contribution >= 0.6 is 11.3 Å². The summed E-state index contributed by atoms with van der Waals surface area (Å²) in [6, 6.07) is 14.2. The fourth-order valence-corrected chi connectivity index (χ4v) is 4.44. The number of nitrogens with zero attached hydrogens (tertiary/aromatic N) is 2. The van der Waals surface area contributed by atoms with Gasteiger partial charge in [-0.25, -0.2) is 9.48 Å². The molecule has 2 aromatic carbocycles. The van der Waals surface area contributed by atoms with Gasteiger partial charge in [0.15, 0.2) is 5.69 Å². The number of aromatic nitrogens is 2. The molecule has 4 nitrogen and oxygen atoms in total. The fraction of sp³-hybridized carbons (Fsp3) is 0.143. The predicted octanol–water partition coefficient (Wildman–Crippen LogP) is 5.70. The van der Waals surface area contributed by atoms with E-state index in [4.69, 9.17) is 0 Å². The van der Waals surface area contributed by atoms with Gasteiger partial charge in [-0.15, -0.1) is 11.3 Å². The second kappa shape index (κ2) is 7.04. The Morgan fingerprint density at radius 3 is 2.62 bits per heavy atom. The van der Waals surface area contributed by atoms with E-state index in [1.54, 1.807) is 25.1 Å². The van der Waals surface area contributed by atoms with Gasteiger partial charge in [-0.1, -0.05) is 30.3 Å². The fourth-order valence-electron chi connectivity index (χ4n) is 3.25. The Morgan fingerprint density at radius 2 is 1.90 bits per heavy atom. The second-order valence-electron chi connectivity index (χ2n) is 6.67. The summed E-state index contributed by atoms with van der Waals surface area (Å²) in [5.41, 5.74) is 1.17. The summed E-state index contributed by atoms with van der Waals surface area (Å²) in [5, 5.41) is 14.6. The van der Waals surface area contributed by atoms with Gasteiger partial charge in [0.1, 0.15) is 0 Å². The number of hydrogen-bond acceptors (Lipinski definition) is 3. The van der Waals surface area contributed by atoms with Crippen LogP contribution in [0.2, 0.25) is 0 Å². The van der Waals surface area contributed by atoms with E-state index < -0.39 is 17.7 Å². The minimum Gasteiger partial charge on any atom is -0.477 e. The SMILES string of the molecule is Cc1cc(C(=O)O)n(-c2cccc3cc(Cc4cccc(C(F)(F)F)c4)sc23)n1. The zero-order valence-electron chi connectivity index (χ0n) is 15.2. The van der Waals surface area contributed by atoms with Crippen molar-refractivity contribution in [3.05, 3.63) is 82.0 Å². The summed E-state index contributed by atoms with van der Waals surface area (Å²) in [6.45, 7) is 1.72. The number of carboxylic acids is 1. The van der Waals surface area contributed by atoms with Crippen molar-refractivity contribution < 1.29 is 23.1 Å². The summed E-state index contributed by atoms with van der Waals surface area (Å²) < 4.78 is 41.1. The molecule has 0 atom stereocenters. The van der Waals surface area contributed by atoms with Gasteiger partial charge < -0.3 is 5.11 Å². The molecule has 0 aliphatic rings. The molecule has 0 aliphatic carbocycles. The van der Waals surface area contributed by atoms with Crippen LogP contribution in [0.15, 0.2) is 54.6 Å². The number of alkyl halides is 3. The molecule has 0 fully saturated rings. The van der Waals surface area contributed by atoms with Crippen molar-refractivity contribution in [2.45, 2.75) is 19.5 Å². The molecule has 0 spiro atoms. The molecule has 0 saturated heterocycles. The van der Waals surface area contributed by atoms with Crippen LogP contribution < -0.4 is 0 Å². The van der Waals surface area contributed by atoms with Gasteiger partial charge in [-0.05, 0) is 42.1 Å². The Labute approximate surface area is 167 Å². The first-order chi connectivity index (χ1) is 13.7. The van der Waals surface area contributed by atoms with Crippen LogP contribution in [0.25, 0.3) is 15.8 Å². The highest BCUT2D eigenvalue weighted by Crippen LogP contribution is 2.34. The molecule has 0 radical (unpaired) electrons. The van der Waals surface area contributed by atoms with Gasteiger partial charge in [0, 0.05) is 11.3 Å². The smallest absolute Gasteiger partial charge is 0.416 e. The van der Waals surface area contributed by atoms with Crippen molar-refractivity contribution in [3.63, 3.8) is 0 Å². The number of carboxylic acid groups (broad SMARTS) is 1. The topological polar surface area (TPSA) is 55.1 Å². The van der Waals surface area contributed by atoms with Gasteiger partial charge in [0.05, 0.1) is 21.6 Å². The first-order valence-corrected chi connectivity index (χ1v) is 9.52. The van der Waals surface area contributed by atoms with Crippen LogP contribution in [-0.4, -0.2) is 20.9 Å². The van der Waals surface area contributed by atoms with Crippen LogP contribution in [0.1, 0.15) is 32.2 Å². The van der Waals surface area contributed by atoms with Crippen molar-refractivity contribution >= 4 is 27.4 Å². The molecule has 1 N–H and O–H groups in total. The Morgan fingerprint density at radius 1 is 1.14 bits per heavy atom. The third-order valence-electron chi connectivity index (χ3n) is 4.49. The first-order valence-electron chi connectivity index (χ1n) is 8.70. The maximum atomic E-state index is 13.0. The number of aryl methyl sites for hydroxylation is 1. The summed E-state index contributed by atoms with van der Waals surface area (Å²) in [6.07, 6.45) is -4.03. The third kappa shape index (κ3) is 3.75. The highest BCUT2D eigenvalue weighted by molar-refractivity contribution is 7.19. The molecular formula is C21H15F3N2O2S. The first kappa shape index (κ1) is 19.2. The lowest BCUT2D eigenvalue weighted by Gasteiger charge is -2.08. The van der Waals surface area contributed by atoms with Crippen LogP contribution in [0, 0.1) is 6.92 Å². The van der Waals surface area contributed by atoms with E-state index in [9.17, 15) is 23.1 Å². The Balaban J connectivity index is 1.75. The van der Waals surface area contributed by atoms with Crippen molar-refractivity contribution in [3.8, 4) is 5.69 Å². The third-order valence-corrected chi connectivity index (χ3v) is 5.66. The maximum Gasteiger partial charge on any atom is 0.416 e. The van der Waals surface area contributed by atoms with E-state index >= 15 is 0 Å². The zero-order valence-corrected chi connectivity index (χ0v) is 16.0. The Bertz CT molecular complexity index is 1220. The largest absolute Gasteiger partial charge is 0.477 e. The van der Waals surface area contributed by atoms with E-state index in [1.807, 2.05) is 12.1 Å². The van der Waals surface area contributed by atoms with Crippen LogP contribution in [-0.2, 0) is 12.6 Å². The monoisotopic (exact) mass is 416 g/mol. The molecule has 0 saturated carbocycles. The summed E-state index contributed by atoms with van der Waals surface area (Å²) in [4.78, 5) is 12.4. The zero-order chi connectivity index (χ0) is 20.8. The number of benzene rings is 2. The van der Waals surface area contributed by atoms with Gasteiger partial charge in [-0.2, -0.15) is 18.3 Å². The van der Waals surface area contributed by atoms with Crippen LogP contribution in [0.3, 0.4) is 0 Å². The lowest BCUT2D eigenvalue weighted by Crippen LogP contribution is -2.07. The molecule has 2 aromatic heterocycles. The molecular weight excluding hydrogens is 401 g/mol. The number of aromatic carboxylic acids is 1. The highest BCUT2D eigenvalue weighted by Gasteiger charge is 2.30. The van der Waals surface area contributed by atoms with Crippen molar-refractivity contribution in [2.24, 2.45) is 0 Å². The number of halogens is 3. The maximum absolute atomic E-state index is 13.0. The molecule has 148 valence electrons. The summed E-state index contributed by atoms with van der Waals surface area (Å²) in [7, 11) is 0. The van der Waals surface area contributed by atoms with E-state index in [-0.39, 0.29) is 5.69 Å². The van der Waals surface area contributed by atoms with E-state index in [0.717, 1.165) is 27.1 Å². The number of carbonyl (C=O) groups is 1. The number of rotatable bonds is 4. The Kier molecular flexibility index (Phi) is 4.66. The molecule has 0 aliphatic heterocycles. The summed E-state index contributed by atoms with van der Waals surface area (Å²) in [5.74, 6) is -1.08. The van der Waals surface area contributed by atoms with E-state index in [2.05, 4.69) is 5.10 Å². The van der Waals surface area contributed by atoms with Crippen LogP contribution in [0.5, 0.6) is 0 Å². The molecule has 4 rings (SSSR count). The molecule has 0 bridgehead atoms. The lowest BCUT2D eigenvalue weighted by atomic mass is 10.1. The quantitative estimate of drug-likeness (QED) is 0.464. The van der Waals surface area contributed by atoms with Gasteiger partial charge in [-0.3, -0.25) is 0 Å². The number of fused-ring (bicyclic) bond motifs is 1. The number of thiophene rings is 1. The van der Waals surface area contributed by atoms with E-state index in [0.29, 0.717) is 23.4 Å². The van der Waals surface area contributed by atoms with E-state index in [1.165, 1.54) is 28.2 Å². The van der Waals surface area contributed by atoms with Crippen molar-refractivity contribution in [1.29, 1.82) is 0 Å². The average Bonchev–Trinajstić information content (AvgIpc) is 3.24. The average molecular weight is 416 g/mol. The van der Waals surface area contributed by atoms with Gasteiger partial charge in [0.25, 0.3) is 0 Å². The molecule has 29 heavy (non-hydrogen) atoms. The normalized spacial score (nSPS) is 11.9. The standard InChI is InChI=1S/C21H15F3N2O2S/c1-12-8-18(20(27)28)26(25-12)17-7-3-5-14-11-16(29-19(14)17)10-13-4-2-6-15(9-13)21(22,23)24/h2-9,11H,10H2,1H3,(H,27,28). The second-order valence-corrected chi connectivity index (χ2v) is 7.81. The lowest BCUT2D eigenvalue weighted by molar-refractivity contribution is -0.137. The minimum absolute atomic E-state index is 0.0582. The van der Waals surface area contributed by atoms with Gasteiger partial charge >= 0.3 is 12.1 Å². The minimum atomic E-state index is -4.38. The predicted molar refractivity (Wildman–Crippen MR) is 105 cm³/mol. The van der Waals surface area contributed by atoms with Crippen molar-refractivity contribution in [2.75, 3.05) is 0 Å². The highest BCUT2D eigenvalue weighted by atomic mass is 32.1. The van der Waals surface area contributed by atoms with Crippen LogP contribution in [0.4, 0.5) is 13.2 Å². The molecule has 4 aromatic rings. The summed E-state index contributed by atoms with van der Waals surface area (Å²) >= 11 is 1.42. The molecule has 0 amide bonds. The molecule has 0 unspecified atom stereocenters. The molecule has 2 heterocycles. The Hall–Kier alpha value is -3.13. The van der Waals surface area contributed by atoms with Crippen molar-refractivity contribution in [1.82, 2.24) is 9.78 Å². The van der Waals surface area contributed by atoms with Gasteiger partial charge in [0.2, 0.25) is 0 Å². The molecule has 8 heteroatoms. The number of hydrogen-bond donors (Lipinski definition) is 1.